The first-order valence-corrected chi connectivity index (χ1v) is 5.40. The van der Waals surface area contributed by atoms with Crippen molar-refractivity contribution in [3.05, 3.63) is 24.3 Å². The summed E-state index contributed by atoms with van der Waals surface area (Å²) in [5, 5.41) is 3.27. The number of hydrogen-bond acceptors (Lipinski definition) is 4. The van der Waals surface area contributed by atoms with E-state index in [0.29, 0.717) is 5.69 Å². The normalized spacial score (nSPS) is 24.4. The van der Waals surface area contributed by atoms with Gasteiger partial charge in [0.2, 0.25) is 5.91 Å². The topological polar surface area (TPSA) is 58.1 Å². The predicted octanol–water partition coefficient (Wildman–Crippen LogP) is 0.143. The van der Waals surface area contributed by atoms with Crippen LogP contribution in [0.15, 0.2) is 18.6 Å². The molecule has 0 bridgehead atoms. The molecule has 0 radical (unpaired) electrons. The molecule has 0 spiro atoms. The minimum absolute atomic E-state index is 0.0468. The predicted molar refractivity (Wildman–Crippen MR) is 59.6 cm³/mol. The summed E-state index contributed by atoms with van der Waals surface area (Å²) in [7, 11) is 3.53. The quantitative estimate of drug-likeness (QED) is 0.770. The molecule has 0 aromatic carbocycles. The van der Waals surface area contributed by atoms with Gasteiger partial charge >= 0.3 is 0 Å². The zero-order valence-electron chi connectivity index (χ0n) is 9.60. The molecule has 1 saturated heterocycles. The largest absolute Gasteiger partial charge is 0.347 e. The number of carbonyl (C=O) groups is 1. The van der Waals surface area contributed by atoms with Crippen LogP contribution in [0, 0.1) is 0 Å². The summed E-state index contributed by atoms with van der Waals surface area (Å²) in [4.78, 5) is 22.2. The molecule has 1 amide bonds. The molecule has 1 atom stereocenters. The van der Waals surface area contributed by atoms with Gasteiger partial charge in [-0.2, -0.15) is 0 Å². The molecule has 0 unspecified atom stereocenters. The van der Waals surface area contributed by atoms with E-state index in [1.807, 2.05) is 0 Å². The van der Waals surface area contributed by atoms with Crippen LogP contribution >= 0.6 is 0 Å². The molecule has 5 heteroatoms. The van der Waals surface area contributed by atoms with Gasteiger partial charge in [-0.25, -0.2) is 0 Å². The summed E-state index contributed by atoms with van der Waals surface area (Å²) in [5.41, 5.74) is 0.0452. The first-order valence-electron chi connectivity index (χ1n) is 5.40. The zero-order chi connectivity index (χ0) is 11.6. The van der Waals surface area contributed by atoms with Crippen LogP contribution in [0.1, 0.15) is 18.5 Å². The van der Waals surface area contributed by atoms with Crippen LogP contribution in [0.25, 0.3) is 0 Å². The molecule has 86 valence electrons. The van der Waals surface area contributed by atoms with Gasteiger partial charge < -0.3 is 4.90 Å². The van der Waals surface area contributed by atoms with Gasteiger partial charge in [0.05, 0.1) is 11.9 Å². The van der Waals surface area contributed by atoms with Crippen molar-refractivity contribution in [1.29, 1.82) is 0 Å². The number of nitrogens with zero attached hydrogens (tertiary/aromatic N) is 3. The second-order valence-corrected chi connectivity index (χ2v) is 4.23. The Bertz CT molecular complexity index is 371. The minimum Gasteiger partial charge on any atom is -0.347 e. The molecule has 2 rings (SSSR count). The van der Waals surface area contributed by atoms with Gasteiger partial charge in [0.25, 0.3) is 0 Å². The van der Waals surface area contributed by atoms with Gasteiger partial charge in [0.1, 0.15) is 5.54 Å². The smallest absolute Gasteiger partial charge is 0.248 e. The first-order chi connectivity index (χ1) is 7.67. The SMILES string of the molecule is CN(C)C(=O)[C@]1(c2cnccn2)CCCN1. The molecule has 1 fully saturated rings. The monoisotopic (exact) mass is 220 g/mol. The highest BCUT2D eigenvalue weighted by molar-refractivity contribution is 5.87. The van der Waals surface area contributed by atoms with Crippen molar-refractivity contribution in [1.82, 2.24) is 20.2 Å². The Balaban J connectivity index is 2.40. The lowest BCUT2D eigenvalue weighted by atomic mass is 9.92. The summed E-state index contributed by atoms with van der Waals surface area (Å²) in [5.74, 6) is 0.0468. The van der Waals surface area contributed by atoms with Crippen LogP contribution in [0.3, 0.4) is 0 Å². The Morgan fingerprint density at radius 3 is 2.81 bits per heavy atom. The average Bonchev–Trinajstić information content (AvgIpc) is 2.79. The number of carbonyl (C=O) groups excluding carboxylic acids is 1. The summed E-state index contributed by atoms with van der Waals surface area (Å²) in [6.07, 6.45) is 6.67. The minimum atomic E-state index is -0.669. The lowest BCUT2D eigenvalue weighted by Crippen LogP contribution is -2.51. The Morgan fingerprint density at radius 1 is 1.50 bits per heavy atom. The van der Waals surface area contributed by atoms with E-state index in [0.717, 1.165) is 19.4 Å². The van der Waals surface area contributed by atoms with E-state index in [4.69, 9.17) is 0 Å². The standard InChI is InChI=1S/C11H16N4O/c1-15(2)10(16)11(4-3-5-14-11)9-8-12-6-7-13-9/h6-8,14H,3-5H2,1-2H3/t11-/m1/s1. The number of hydrogen-bond donors (Lipinski definition) is 1. The van der Waals surface area contributed by atoms with Gasteiger partial charge in [-0.1, -0.05) is 0 Å². The lowest BCUT2D eigenvalue weighted by Gasteiger charge is -2.30. The first kappa shape index (κ1) is 11.0. The molecule has 0 saturated carbocycles. The van der Waals surface area contributed by atoms with Gasteiger partial charge in [0.15, 0.2) is 0 Å². The Hall–Kier alpha value is -1.49. The van der Waals surface area contributed by atoms with Crippen molar-refractivity contribution in [3.63, 3.8) is 0 Å². The van der Waals surface area contributed by atoms with E-state index >= 15 is 0 Å². The van der Waals surface area contributed by atoms with E-state index in [1.165, 1.54) is 0 Å². The highest BCUT2D eigenvalue weighted by Crippen LogP contribution is 2.30. The van der Waals surface area contributed by atoms with Gasteiger partial charge in [-0.15, -0.1) is 0 Å². The van der Waals surface area contributed by atoms with Crippen molar-refractivity contribution < 1.29 is 4.79 Å². The van der Waals surface area contributed by atoms with Gasteiger partial charge in [-0.05, 0) is 19.4 Å². The van der Waals surface area contributed by atoms with Crippen molar-refractivity contribution in [3.8, 4) is 0 Å². The molecule has 1 aromatic rings. The van der Waals surface area contributed by atoms with Gasteiger partial charge in [-0.3, -0.25) is 20.1 Å². The third kappa shape index (κ3) is 1.67. The average molecular weight is 220 g/mol. The molecule has 2 heterocycles. The Kier molecular flexibility index (Phi) is 2.87. The number of likely N-dealkylation sites (N-methyl/N-ethyl adjacent to an activating group) is 1. The number of aromatic nitrogens is 2. The molecule has 1 aliphatic rings. The molecule has 1 N–H and O–H groups in total. The second-order valence-electron chi connectivity index (χ2n) is 4.23. The van der Waals surface area contributed by atoms with Crippen molar-refractivity contribution in [2.45, 2.75) is 18.4 Å². The molecule has 5 nitrogen and oxygen atoms in total. The molecule has 16 heavy (non-hydrogen) atoms. The highest BCUT2D eigenvalue weighted by atomic mass is 16.2. The van der Waals surface area contributed by atoms with Crippen molar-refractivity contribution in [2.24, 2.45) is 0 Å². The Morgan fingerprint density at radius 2 is 2.31 bits per heavy atom. The molecule has 1 aromatic heterocycles. The molecule has 1 aliphatic heterocycles. The number of rotatable bonds is 2. The van der Waals surface area contributed by atoms with Crippen LogP contribution < -0.4 is 5.32 Å². The highest BCUT2D eigenvalue weighted by Gasteiger charge is 2.44. The summed E-state index contributed by atoms with van der Waals surface area (Å²) in [6.45, 7) is 0.843. The second kappa shape index (κ2) is 4.17. The van der Waals surface area contributed by atoms with Crippen LogP contribution in [0.2, 0.25) is 0 Å². The molecular formula is C11H16N4O. The molecule has 0 aliphatic carbocycles. The summed E-state index contributed by atoms with van der Waals surface area (Å²) >= 11 is 0. The fourth-order valence-corrected chi connectivity index (χ4v) is 2.16. The van der Waals surface area contributed by atoms with Crippen LogP contribution in [0.4, 0.5) is 0 Å². The van der Waals surface area contributed by atoms with Crippen molar-refractivity contribution >= 4 is 5.91 Å². The van der Waals surface area contributed by atoms with Crippen molar-refractivity contribution in [2.75, 3.05) is 20.6 Å². The lowest BCUT2D eigenvalue weighted by molar-refractivity contribution is -0.135. The van der Waals surface area contributed by atoms with E-state index < -0.39 is 5.54 Å². The third-order valence-corrected chi connectivity index (χ3v) is 2.93. The fourth-order valence-electron chi connectivity index (χ4n) is 2.16. The van der Waals surface area contributed by atoms with E-state index in [9.17, 15) is 4.79 Å². The maximum atomic E-state index is 12.3. The van der Waals surface area contributed by atoms with Gasteiger partial charge in [0, 0.05) is 26.5 Å². The van der Waals surface area contributed by atoms with Crippen LogP contribution in [0.5, 0.6) is 0 Å². The zero-order valence-corrected chi connectivity index (χ0v) is 9.60. The summed E-state index contributed by atoms with van der Waals surface area (Å²) < 4.78 is 0. The van der Waals surface area contributed by atoms with E-state index in [2.05, 4.69) is 15.3 Å². The molecular weight excluding hydrogens is 204 g/mol. The van der Waals surface area contributed by atoms with Crippen LogP contribution in [-0.4, -0.2) is 41.4 Å². The third-order valence-electron chi connectivity index (χ3n) is 2.93. The summed E-state index contributed by atoms with van der Waals surface area (Å²) in [6, 6.07) is 0. The Labute approximate surface area is 94.9 Å². The van der Waals surface area contributed by atoms with E-state index in [1.54, 1.807) is 37.6 Å². The van der Waals surface area contributed by atoms with E-state index in [-0.39, 0.29) is 5.91 Å². The maximum absolute atomic E-state index is 12.3. The van der Waals surface area contributed by atoms with Crippen LogP contribution in [-0.2, 0) is 10.3 Å². The number of nitrogens with one attached hydrogen (secondary N) is 1. The number of amides is 1. The fraction of sp³-hybridized carbons (Fsp3) is 0.545. The maximum Gasteiger partial charge on any atom is 0.248 e.